The summed E-state index contributed by atoms with van der Waals surface area (Å²) in [5.74, 6) is 1.44. The number of methoxy groups -OCH3 is 2. The third-order valence-corrected chi connectivity index (χ3v) is 5.87. The van der Waals surface area contributed by atoms with Crippen LogP contribution in [-0.4, -0.2) is 30.9 Å². The molecule has 0 saturated carbocycles. The van der Waals surface area contributed by atoms with Crippen LogP contribution < -0.4 is 20.2 Å². The van der Waals surface area contributed by atoms with Gasteiger partial charge in [0, 0.05) is 34.5 Å². The number of aromatic amines is 1. The minimum Gasteiger partial charge on any atom is -0.495 e. The first-order chi connectivity index (χ1) is 14.4. The number of thioether (sulfide) groups is 1. The Morgan fingerprint density at radius 3 is 2.60 bits per heavy atom. The van der Waals surface area contributed by atoms with Crippen molar-refractivity contribution < 1.29 is 14.3 Å². The van der Waals surface area contributed by atoms with Gasteiger partial charge in [-0.25, -0.2) is 0 Å². The molecule has 0 radical (unpaired) electrons. The van der Waals surface area contributed by atoms with E-state index in [0.717, 1.165) is 23.2 Å². The average molecular weight is 447 g/mol. The number of fused-ring (bicyclic) bond motifs is 1. The minimum atomic E-state index is -0.199. The number of H-pyrrole nitrogens is 1. The molecule has 6 nitrogen and oxygen atoms in total. The number of anilines is 1. The molecule has 0 spiro atoms. The Bertz CT molecular complexity index is 1130. The van der Waals surface area contributed by atoms with Gasteiger partial charge in [0.25, 0.3) is 0 Å². The summed E-state index contributed by atoms with van der Waals surface area (Å²) in [7, 11) is 3.02. The third kappa shape index (κ3) is 5.09. The van der Waals surface area contributed by atoms with E-state index < -0.39 is 0 Å². The van der Waals surface area contributed by atoms with Crippen LogP contribution in [-0.2, 0) is 17.0 Å². The van der Waals surface area contributed by atoms with Crippen LogP contribution in [0, 0.1) is 0 Å². The number of halogens is 1. The van der Waals surface area contributed by atoms with Gasteiger partial charge in [-0.05, 0) is 30.2 Å². The first-order valence-corrected chi connectivity index (χ1v) is 10.9. The molecule has 0 atom stereocenters. The fourth-order valence-electron chi connectivity index (χ4n) is 3.04. The lowest BCUT2D eigenvalue weighted by molar-refractivity contribution is -0.113. The summed E-state index contributed by atoms with van der Waals surface area (Å²) < 4.78 is 10.4. The fourth-order valence-corrected chi connectivity index (χ4v) is 4.02. The molecule has 1 aromatic heterocycles. The van der Waals surface area contributed by atoms with Crippen LogP contribution in [0.4, 0.5) is 5.69 Å². The number of carbonyl (C=O) groups excluding carboxylic acids is 1. The molecule has 1 amide bonds. The molecule has 0 aliphatic rings. The van der Waals surface area contributed by atoms with Crippen LogP contribution >= 0.6 is 23.4 Å². The highest BCUT2D eigenvalue weighted by molar-refractivity contribution is 7.99. The van der Waals surface area contributed by atoms with Gasteiger partial charge in [-0.1, -0.05) is 24.6 Å². The van der Waals surface area contributed by atoms with E-state index in [1.807, 2.05) is 18.2 Å². The van der Waals surface area contributed by atoms with E-state index in [1.54, 1.807) is 18.2 Å². The number of hydrogen-bond acceptors (Lipinski definition) is 5. The summed E-state index contributed by atoms with van der Waals surface area (Å²) in [4.78, 5) is 28.0. The molecule has 2 aromatic carbocycles. The van der Waals surface area contributed by atoms with Crippen LogP contribution in [0.3, 0.4) is 0 Å². The van der Waals surface area contributed by atoms with E-state index in [9.17, 15) is 9.59 Å². The molecule has 1 heterocycles. The van der Waals surface area contributed by atoms with Gasteiger partial charge in [-0.2, -0.15) is 0 Å². The predicted octanol–water partition coefficient (Wildman–Crippen LogP) is 4.63. The Kier molecular flexibility index (Phi) is 7.29. The molecule has 0 fully saturated rings. The number of nitrogens with one attached hydrogen (secondary N) is 2. The number of amides is 1. The molecule has 0 aliphatic heterocycles. The van der Waals surface area contributed by atoms with E-state index in [0.29, 0.717) is 33.3 Å². The lowest BCUT2D eigenvalue weighted by Crippen LogP contribution is -2.15. The zero-order chi connectivity index (χ0) is 21.7. The number of carbonyl (C=O) groups is 1. The lowest BCUT2D eigenvalue weighted by Gasteiger charge is -2.13. The summed E-state index contributed by atoms with van der Waals surface area (Å²) in [6, 6.07) is 10.7. The summed E-state index contributed by atoms with van der Waals surface area (Å²) in [5.41, 5.74) is 3.16. The maximum atomic E-state index is 12.4. The van der Waals surface area contributed by atoms with Gasteiger partial charge in [0.05, 0.1) is 30.7 Å². The number of aryl methyl sites for hydroxylation is 1. The monoisotopic (exact) mass is 446 g/mol. The standard InChI is InChI=1S/C22H23ClN2O4S/c1-4-13-5-6-17-15(7-13)19(26)8-14(24-17)11-30-12-22(27)25-18-9-16(23)20(28-2)10-21(18)29-3/h5-10H,4,11-12H2,1-3H3,(H,24,26)(H,25,27). The number of rotatable bonds is 8. The van der Waals surface area contributed by atoms with Crippen molar-refractivity contribution in [2.45, 2.75) is 19.1 Å². The fraction of sp³-hybridized carbons (Fsp3) is 0.273. The van der Waals surface area contributed by atoms with E-state index in [1.165, 1.54) is 26.0 Å². The van der Waals surface area contributed by atoms with Crippen LogP contribution in [0.2, 0.25) is 5.02 Å². The summed E-state index contributed by atoms with van der Waals surface area (Å²) in [6.07, 6.45) is 0.881. The first-order valence-electron chi connectivity index (χ1n) is 9.39. The summed E-state index contributed by atoms with van der Waals surface area (Å²) >= 11 is 7.54. The molecule has 30 heavy (non-hydrogen) atoms. The normalized spacial score (nSPS) is 10.8. The number of pyridine rings is 1. The number of benzene rings is 2. The van der Waals surface area contributed by atoms with Gasteiger partial charge in [0.1, 0.15) is 11.5 Å². The minimum absolute atomic E-state index is 0.0169. The number of aromatic nitrogens is 1. The molecule has 158 valence electrons. The summed E-state index contributed by atoms with van der Waals surface area (Å²) in [5, 5.41) is 3.86. The molecule has 0 saturated heterocycles. The van der Waals surface area contributed by atoms with Gasteiger partial charge in [-0.3, -0.25) is 9.59 Å². The molecule has 2 N–H and O–H groups in total. The van der Waals surface area contributed by atoms with Crippen molar-refractivity contribution in [3.63, 3.8) is 0 Å². The zero-order valence-electron chi connectivity index (χ0n) is 17.0. The van der Waals surface area contributed by atoms with E-state index in [-0.39, 0.29) is 17.1 Å². The van der Waals surface area contributed by atoms with E-state index >= 15 is 0 Å². The Labute approximate surface area is 183 Å². The second-order valence-electron chi connectivity index (χ2n) is 6.62. The van der Waals surface area contributed by atoms with Crippen LogP contribution in [0.1, 0.15) is 18.2 Å². The van der Waals surface area contributed by atoms with Crippen molar-refractivity contribution in [1.29, 1.82) is 0 Å². The molecule has 3 rings (SSSR count). The molecule has 0 aliphatic carbocycles. The highest BCUT2D eigenvalue weighted by atomic mass is 35.5. The molecule has 3 aromatic rings. The van der Waals surface area contributed by atoms with Gasteiger partial charge in [0.2, 0.25) is 5.91 Å². The van der Waals surface area contributed by atoms with Gasteiger partial charge in [-0.15, -0.1) is 11.8 Å². The highest BCUT2D eigenvalue weighted by Crippen LogP contribution is 2.35. The van der Waals surface area contributed by atoms with Crippen molar-refractivity contribution >= 4 is 45.9 Å². The van der Waals surface area contributed by atoms with Crippen molar-refractivity contribution in [1.82, 2.24) is 4.98 Å². The van der Waals surface area contributed by atoms with Crippen molar-refractivity contribution in [2.24, 2.45) is 0 Å². The predicted molar refractivity (Wildman–Crippen MR) is 123 cm³/mol. The Morgan fingerprint density at radius 1 is 1.13 bits per heavy atom. The number of hydrogen-bond donors (Lipinski definition) is 2. The molecule has 0 bridgehead atoms. The quantitative estimate of drug-likeness (QED) is 0.527. The number of ether oxygens (including phenoxy) is 2. The third-order valence-electron chi connectivity index (χ3n) is 4.60. The molecule has 8 heteroatoms. The maximum absolute atomic E-state index is 12.4. The largest absolute Gasteiger partial charge is 0.495 e. The second-order valence-corrected chi connectivity index (χ2v) is 8.01. The lowest BCUT2D eigenvalue weighted by atomic mass is 10.1. The van der Waals surface area contributed by atoms with E-state index in [2.05, 4.69) is 17.2 Å². The topological polar surface area (TPSA) is 80.4 Å². The Hall–Kier alpha value is -2.64. The first kappa shape index (κ1) is 22.1. The molecular weight excluding hydrogens is 424 g/mol. The average Bonchev–Trinajstić information content (AvgIpc) is 2.74. The maximum Gasteiger partial charge on any atom is 0.234 e. The zero-order valence-corrected chi connectivity index (χ0v) is 18.6. The Morgan fingerprint density at radius 2 is 1.90 bits per heavy atom. The van der Waals surface area contributed by atoms with Gasteiger partial charge >= 0.3 is 0 Å². The summed E-state index contributed by atoms with van der Waals surface area (Å²) in [6.45, 7) is 2.06. The van der Waals surface area contributed by atoms with Crippen LogP contribution in [0.15, 0.2) is 41.2 Å². The van der Waals surface area contributed by atoms with Gasteiger partial charge in [0.15, 0.2) is 5.43 Å². The highest BCUT2D eigenvalue weighted by Gasteiger charge is 2.13. The second kappa shape index (κ2) is 9.91. The van der Waals surface area contributed by atoms with Crippen molar-refractivity contribution in [3.8, 4) is 11.5 Å². The van der Waals surface area contributed by atoms with Crippen LogP contribution in [0.5, 0.6) is 11.5 Å². The molecular formula is C22H23ClN2O4S. The van der Waals surface area contributed by atoms with Crippen molar-refractivity contribution in [2.75, 3.05) is 25.3 Å². The Balaban J connectivity index is 1.63. The smallest absolute Gasteiger partial charge is 0.234 e. The van der Waals surface area contributed by atoms with E-state index in [4.69, 9.17) is 21.1 Å². The molecule has 0 unspecified atom stereocenters. The van der Waals surface area contributed by atoms with Gasteiger partial charge < -0.3 is 19.8 Å². The van der Waals surface area contributed by atoms with Crippen LogP contribution in [0.25, 0.3) is 10.9 Å². The SMILES string of the molecule is CCc1ccc2[nH]c(CSCC(=O)Nc3cc(Cl)c(OC)cc3OC)cc(=O)c2c1. The van der Waals surface area contributed by atoms with Crippen molar-refractivity contribution in [3.05, 3.63) is 62.9 Å².